The number of benzene rings is 1. The molecule has 1 aromatic rings. The van der Waals surface area contributed by atoms with E-state index in [9.17, 15) is 0 Å². The highest BCUT2D eigenvalue weighted by molar-refractivity contribution is 6.37. The summed E-state index contributed by atoms with van der Waals surface area (Å²) in [6.07, 6.45) is 0.595. The fourth-order valence-electron chi connectivity index (χ4n) is 1.47. The van der Waals surface area contributed by atoms with Gasteiger partial charge in [-0.25, -0.2) is 0 Å². The summed E-state index contributed by atoms with van der Waals surface area (Å²) in [6, 6.07) is 1.66. The molecule has 1 rings (SSSR count). The number of ether oxygens (including phenoxy) is 2. The molecule has 0 saturated carbocycles. The van der Waals surface area contributed by atoms with Crippen molar-refractivity contribution < 1.29 is 9.47 Å². The fourth-order valence-corrected chi connectivity index (χ4v) is 2.14. The topological polar surface area (TPSA) is 44.5 Å². The molecule has 0 amide bonds. The molecule has 0 spiro atoms. The highest BCUT2D eigenvalue weighted by Gasteiger charge is 2.17. The molecule has 16 heavy (non-hydrogen) atoms. The first-order chi connectivity index (χ1) is 7.51. The van der Waals surface area contributed by atoms with Gasteiger partial charge < -0.3 is 15.2 Å². The molecule has 90 valence electrons. The molecule has 0 aromatic heterocycles. The van der Waals surface area contributed by atoms with E-state index in [1.807, 2.05) is 6.92 Å². The molecular weight excluding hydrogens is 249 g/mol. The Balaban J connectivity index is 3.29. The van der Waals surface area contributed by atoms with Crippen molar-refractivity contribution in [1.82, 2.24) is 0 Å². The van der Waals surface area contributed by atoms with E-state index in [1.165, 1.54) is 14.2 Å². The van der Waals surface area contributed by atoms with Gasteiger partial charge in [0.1, 0.15) is 0 Å². The lowest BCUT2D eigenvalue weighted by molar-refractivity contribution is 0.354. The molecule has 0 aliphatic heterocycles. The van der Waals surface area contributed by atoms with E-state index in [2.05, 4.69) is 0 Å². The van der Waals surface area contributed by atoms with Gasteiger partial charge in [-0.3, -0.25) is 0 Å². The van der Waals surface area contributed by atoms with Gasteiger partial charge in [-0.15, -0.1) is 0 Å². The van der Waals surface area contributed by atoms with Crippen LogP contribution in [0.4, 0.5) is 0 Å². The SMILES string of the molecule is COc1cc(Cl)c(CC(C)N)c(Cl)c1OC. The van der Waals surface area contributed by atoms with Crippen LogP contribution >= 0.6 is 23.2 Å². The molecule has 3 nitrogen and oxygen atoms in total. The molecule has 0 aliphatic rings. The standard InChI is InChI=1S/C11H15Cl2NO2/c1-6(14)4-7-8(12)5-9(15-2)11(16-3)10(7)13/h5-6H,4,14H2,1-3H3. The van der Waals surface area contributed by atoms with Gasteiger partial charge in [0.2, 0.25) is 0 Å². The van der Waals surface area contributed by atoms with Gasteiger partial charge in [0, 0.05) is 17.1 Å². The van der Waals surface area contributed by atoms with Crippen molar-refractivity contribution in [3.8, 4) is 11.5 Å². The summed E-state index contributed by atoms with van der Waals surface area (Å²) in [5, 5.41) is 1.00. The number of methoxy groups -OCH3 is 2. The van der Waals surface area contributed by atoms with Gasteiger partial charge in [-0.2, -0.15) is 0 Å². The Hall–Kier alpha value is -0.640. The Morgan fingerprint density at radius 2 is 1.94 bits per heavy atom. The lowest BCUT2D eigenvalue weighted by Crippen LogP contribution is -2.18. The van der Waals surface area contributed by atoms with Crippen molar-refractivity contribution in [3.63, 3.8) is 0 Å². The Bertz CT molecular complexity index is 381. The van der Waals surface area contributed by atoms with E-state index >= 15 is 0 Å². The van der Waals surface area contributed by atoms with Crippen LogP contribution in [0, 0.1) is 0 Å². The molecule has 1 aromatic carbocycles. The summed E-state index contributed by atoms with van der Waals surface area (Å²) in [5.41, 5.74) is 6.52. The summed E-state index contributed by atoms with van der Waals surface area (Å²) in [7, 11) is 3.07. The van der Waals surface area contributed by atoms with E-state index in [1.54, 1.807) is 6.07 Å². The second-order valence-electron chi connectivity index (χ2n) is 3.57. The first-order valence-corrected chi connectivity index (χ1v) is 5.61. The largest absolute Gasteiger partial charge is 0.493 e. The van der Waals surface area contributed by atoms with Crippen LogP contribution < -0.4 is 15.2 Å². The molecule has 0 radical (unpaired) electrons. The maximum Gasteiger partial charge on any atom is 0.179 e. The Kier molecular flexibility index (Phi) is 4.71. The van der Waals surface area contributed by atoms with E-state index in [0.717, 1.165) is 5.56 Å². The zero-order chi connectivity index (χ0) is 12.3. The zero-order valence-electron chi connectivity index (χ0n) is 9.51. The molecule has 1 unspecified atom stereocenters. The van der Waals surface area contributed by atoms with Gasteiger partial charge in [-0.1, -0.05) is 23.2 Å². The third kappa shape index (κ3) is 2.73. The summed E-state index contributed by atoms with van der Waals surface area (Å²) in [5.74, 6) is 1.01. The zero-order valence-corrected chi connectivity index (χ0v) is 11.0. The van der Waals surface area contributed by atoms with E-state index in [0.29, 0.717) is 28.0 Å². The van der Waals surface area contributed by atoms with Crippen LogP contribution in [0.25, 0.3) is 0 Å². The van der Waals surface area contributed by atoms with Crippen LogP contribution in [0.1, 0.15) is 12.5 Å². The minimum atomic E-state index is -0.0203. The quantitative estimate of drug-likeness (QED) is 0.909. The maximum atomic E-state index is 6.20. The molecule has 1 atom stereocenters. The third-order valence-electron chi connectivity index (χ3n) is 2.18. The minimum absolute atomic E-state index is 0.0203. The molecule has 2 N–H and O–H groups in total. The van der Waals surface area contributed by atoms with E-state index in [-0.39, 0.29) is 6.04 Å². The van der Waals surface area contributed by atoms with Crippen molar-refractivity contribution in [3.05, 3.63) is 21.7 Å². The molecule has 5 heteroatoms. The summed E-state index contributed by atoms with van der Waals surface area (Å²) >= 11 is 12.3. The first kappa shape index (κ1) is 13.4. The lowest BCUT2D eigenvalue weighted by atomic mass is 10.1. The second kappa shape index (κ2) is 5.62. The summed E-state index contributed by atoms with van der Waals surface area (Å²) in [6.45, 7) is 1.89. The van der Waals surface area contributed by atoms with Crippen LogP contribution in [0.15, 0.2) is 6.07 Å². The minimum Gasteiger partial charge on any atom is -0.493 e. The predicted octanol–water partition coefficient (Wildman–Crippen LogP) is 2.90. The van der Waals surface area contributed by atoms with Crippen LogP contribution in [0.2, 0.25) is 10.0 Å². The van der Waals surface area contributed by atoms with Gasteiger partial charge in [-0.05, 0) is 18.9 Å². The van der Waals surface area contributed by atoms with Gasteiger partial charge in [0.25, 0.3) is 0 Å². The molecular formula is C11H15Cl2NO2. The van der Waals surface area contributed by atoms with Crippen LogP contribution in [-0.4, -0.2) is 20.3 Å². The summed E-state index contributed by atoms with van der Waals surface area (Å²) < 4.78 is 10.3. The van der Waals surface area contributed by atoms with E-state index < -0.39 is 0 Å². The van der Waals surface area contributed by atoms with Crippen molar-refractivity contribution in [2.45, 2.75) is 19.4 Å². The van der Waals surface area contributed by atoms with Crippen LogP contribution in [0.3, 0.4) is 0 Å². The number of nitrogens with two attached hydrogens (primary N) is 1. The maximum absolute atomic E-state index is 6.20. The Morgan fingerprint density at radius 3 is 2.38 bits per heavy atom. The molecule has 0 aliphatic carbocycles. The number of rotatable bonds is 4. The van der Waals surface area contributed by atoms with E-state index in [4.69, 9.17) is 38.4 Å². The number of halogens is 2. The average Bonchev–Trinajstić information content (AvgIpc) is 2.23. The highest BCUT2D eigenvalue weighted by atomic mass is 35.5. The second-order valence-corrected chi connectivity index (χ2v) is 4.35. The van der Waals surface area contributed by atoms with Gasteiger partial charge >= 0.3 is 0 Å². The average molecular weight is 264 g/mol. The number of hydrogen-bond acceptors (Lipinski definition) is 3. The Morgan fingerprint density at radius 1 is 1.31 bits per heavy atom. The number of hydrogen-bond donors (Lipinski definition) is 1. The normalized spacial score (nSPS) is 12.4. The predicted molar refractivity (Wildman–Crippen MR) is 66.9 cm³/mol. The smallest absolute Gasteiger partial charge is 0.179 e. The highest BCUT2D eigenvalue weighted by Crippen LogP contribution is 2.41. The molecule has 0 heterocycles. The first-order valence-electron chi connectivity index (χ1n) is 4.85. The monoisotopic (exact) mass is 263 g/mol. The third-order valence-corrected chi connectivity index (χ3v) is 2.92. The van der Waals surface area contributed by atoms with Gasteiger partial charge in [0.05, 0.1) is 19.2 Å². The Labute approximate surface area is 105 Å². The van der Waals surface area contributed by atoms with Crippen molar-refractivity contribution in [2.24, 2.45) is 5.73 Å². The van der Waals surface area contributed by atoms with Crippen molar-refractivity contribution in [1.29, 1.82) is 0 Å². The lowest BCUT2D eigenvalue weighted by Gasteiger charge is -2.15. The van der Waals surface area contributed by atoms with Crippen LogP contribution in [-0.2, 0) is 6.42 Å². The van der Waals surface area contributed by atoms with Gasteiger partial charge in [0.15, 0.2) is 11.5 Å². The van der Waals surface area contributed by atoms with Crippen molar-refractivity contribution in [2.75, 3.05) is 14.2 Å². The molecule has 0 saturated heterocycles. The fraction of sp³-hybridized carbons (Fsp3) is 0.455. The molecule has 0 bridgehead atoms. The molecule has 0 fully saturated rings. The van der Waals surface area contributed by atoms with Crippen molar-refractivity contribution >= 4 is 23.2 Å². The summed E-state index contributed by atoms with van der Waals surface area (Å²) in [4.78, 5) is 0. The van der Waals surface area contributed by atoms with Crippen LogP contribution in [0.5, 0.6) is 11.5 Å².